The highest BCUT2D eigenvalue weighted by Crippen LogP contribution is 2.19. The van der Waals surface area contributed by atoms with Crippen molar-refractivity contribution in [1.82, 2.24) is 33.6 Å². The van der Waals surface area contributed by atoms with E-state index in [1.165, 1.54) is 0 Å². The number of piperazine rings is 1. The van der Waals surface area contributed by atoms with Crippen molar-refractivity contribution in [2.24, 2.45) is 0 Å². The van der Waals surface area contributed by atoms with Crippen LogP contribution in [-0.2, 0) is 11.3 Å². The first kappa shape index (κ1) is 19.2. The number of carbonyl (C=O) groups excluding carboxylic acids is 1. The minimum atomic E-state index is -0.0174. The number of hydrogen-bond donors (Lipinski definition) is 0. The molecule has 0 unspecified atom stereocenters. The van der Waals surface area contributed by atoms with Crippen LogP contribution in [0.2, 0.25) is 0 Å². The molecule has 0 atom stereocenters. The van der Waals surface area contributed by atoms with Crippen LogP contribution in [0.25, 0.3) is 11.5 Å². The molecule has 2 saturated heterocycles. The number of aromatic nitrogens is 4. The van der Waals surface area contributed by atoms with Gasteiger partial charge in [0.25, 0.3) is 5.91 Å². The van der Waals surface area contributed by atoms with Crippen molar-refractivity contribution in [2.45, 2.75) is 6.54 Å². The van der Waals surface area contributed by atoms with Crippen LogP contribution in [0.15, 0.2) is 36.9 Å². The van der Waals surface area contributed by atoms with Crippen LogP contribution in [0.3, 0.4) is 0 Å². The number of likely N-dealkylation sites (N-methyl/N-ethyl adjacent to an activating group) is 1. The number of carbonyl (C=O) groups is 1. The lowest BCUT2D eigenvalue weighted by atomic mass is 10.3. The smallest absolute Gasteiger partial charge is 0.274 e. The van der Waals surface area contributed by atoms with E-state index >= 15 is 0 Å². The van der Waals surface area contributed by atoms with Gasteiger partial charge in [-0.3, -0.25) is 18.7 Å². The number of ether oxygens (including phenoxy) is 1. The third kappa shape index (κ3) is 3.71. The van der Waals surface area contributed by atoms with E-state index in [2.05, 4.69) is 32.3 Å². The lowest BCUT2D eigenvalue weighted by molar-refractivity contribution is 0.0339. The Labute approximate surface area is 175 Å². The van der Waals surface area contributed by atoms with Gasteiger partial charge in [0.1, 0.15) is 12.0 Å². The molecule has 0 spiro atoms. The highest BCUT2D eigenvalue weighted by molar-refractivity contribution is 5.92. The maximum absolute atomic E-state index is 12.9. The van der Waals surface area contributed by atoms with Crippen molar-refractivity contribution < 1.29 is 9.53 Å². The number of pyridine rings is 1. The molecule has 3 aromatic heterocycles. The topological polar surface area (TPSA) is 71.1 Å². The molecular weight excluding hydrogens is 382 g/mol. The average molecular weight is 409 g/mol. The number of fused-ring (bicyclic) bond motifs is 1. The second-order valence-electron chi connectivity index (χ2n) is 7.96. The summed E-state index contributed by atoms with van der Waals surface area (Å²) in [4.78, 5) is 28.7. The third-order valence-corrected chi connectivity index (χ3v) is 5.91. The van der Waals surface area contributed by atoms with Crippen molar-refractivity contribution in [2.75, 3.05) is 59.5 Å². The van der Waals surface area contributed by atoms with Gasteiger partial charge in [-0.05, 0) is 19.2 Å². The van der Waals surface area contributed by atoms with Gasteiger partial charge in [0.05, 0.1) is 24.4 Å². The Bertz CT molecular complexity index is 1030. The molecule has 0 saturated carbocycles. The maximum Gasteiger partial charge on any atom is 0.274 e. The number of hydrogen-bond acceptors (Lipinski definition) is 6. The van der Waals surface area contributed by atoms with Crippen LogP contribution in [0.4, 0.5) is 0 Å². The van der Waals surface area contributed by atoms with E-state index in [1.807, 2.05) is 27.8 Å². The van der Waals surface area contributed by atoms with Crippen molar-refractivity contribution in [3.8, 4) is 5.95 Å². The monoisotopic (exact) mass is 409 g/mol. The minimum absolute atomic E-state index is 0.0174. The van der Waals surface area contributed by atoms with Crippen LogP contribution in [-0.4, -0.2) is 99.1 Å². The number of imidazole rings is 2. The van der Waals surface area contributed by atoms with Crippen LogP contribution in [0.1, 0.15) is 16.2 Å². The van der Waals surface area contributed by atoms with Crippen molar-refractivity contribution in [1.29, 1.82) is 0 Å². The highest BCUT2D eigenvalue weighted by Gasteiger charge is 2.23. The van der Waals surface area contributed by atoms with Crippen LogP contribution < -0.4 is 0 Å². The van der Waals surface area contributed by atoms with Crippen molar-refractivity contribution in [3.63, 3.8) is 0 Å². The molecule has 2 aliphatic rings. The molecule has 9 heteroatoms. The van der Waals surface area contributed by atoms with Gasteiger partial charge in [-0.2, -0.15) is 0 Å². The Morgan fingerprint density at radius 1 is 1.10 bits per heavy atom. The molecule has 1 amide bonds. The van der Waals surface area contributed by atoms with E-state index < -0.39 is 0 Å². The molecule has 5 heterocycles. The summed E-state index contributed by atoms with van der Waals surface area (Å²) in [6.45, 7) is 7.38. The molecule has 2 fully saturated rings. The SMILES string of the molecule is CN1CCN(C(=O)c2cn(-c3nc(CN4CCOCC4)c4ccccn34)cn2)CC1. The molecule has 9 nitrogen and oxygen atoms in total. The predicted octanol–water partition coefficient (Wildman–Crippen LogP) is 0.740. The normalized spacial score (nSPS) is 18.9. The van der Waals surface area contributed by atoms with E-state index in [1.54, 1.807) is 12.5 Å². The lowest BCUT2D eigenvalue weighted by Gasteiger charge is -2.31. The van der Waals surface area contributed by atoms with E-state index in [-0.39, 0.29) is 5.91 Å². The quantitative estimate of drug-likeness (QED) is 0.633. The summed E-state index contributed by atoms with van der Waals surface area (Å²) in [5.74, 6) is 0.732. The zero-order valence-electron chi connectivity index (χ0n) is 17.3. The summed E-state index contributed by atoms with van der Waals surface area (Å²) in [5.41, 5.74) is 2.55. The summed E-state index contributed by atoms with van der Waals surface area (Å²) >= 11 is 0. The van der Waals surface area contributed by atoms with Crippen LogP contribution >= 0.6 is 0 Å². The first-order chi connectivity index (χ1) is 14.7. The molecule has 158 valence electrons. The summed E-state index contributed by atoms with van der Waals surface area (Å²) in [5, 5.41) is 0. The van der Waals surface area contributed by atoms with Gasteiger partial charge >= 0.3 is 0 Å². The Kier molecular flexibility index (Phi) is 5.24. The fourth-order valence-electron chi connectivity index (χ4n) is 4.07. The van der Waals surface area contributed by atoms with Crippen molar-refractivity contribution in [3.05, 3.63) is 48.3 Å². The standard InChI is InChI=1S/C21H27N7O2/c1-24-6-8-26(9-7-24)20(29)18-15-27(16-22-18)21-23-17(14-25-10-12-30-13-11-25)19-4-2-3-5-28(19)21/h2-5,15-16H,6-14H2,1H3. The van der Waals surface area contributed by atoms with Gasteiger partial charge < -0.3 is 14.5 Å². The summed E-state index contributed by atoms with van der Waals surface area (Å²) in [7, 11) is 2.08. The van der Waals surface area contributed by atoms with E-state index in [4.69, 9.17) is 9.72 Å². The molecule has 5 rings (SSSR count). The molecule has 2 aliphatic heterocycles. The molecule has 3 aromatic rings. The fourth-order valence-corrected chi connectivity index (χ4v) is 4.07. The van der Waals surface area contributed by atoms with Gasteiger partial charge in [0.2, 0.25) is 5.95 Å². The van der Waals surface area contributed by atoms with Gasteiger partial charge in [-0.25, -0.2) is 9.97 Å². The second kappa shape index (κ2) is 8.17. The molecule has 30 heavy (non-hydrogen) atoms. The summed E-state index contributed by atoms with van der Waals surface area (Å²) < 4.78 is 9.37. The van der Waals surface area contributed by atoms with E-state index in [0.29, 0.717) is 5.69 Å². The summed E-state index contributed by atoms with van der Waals surface area (Å²) in [6.07, 6.45) is 5.48. The minimum Gasteiger partial charge on any atom is -0.379 e. The van der Waals surface area contributed by atoms with Gasteiger partial charge in [-0.1, -0.05) is 6.07 Å². The largest absolute Gasteiger partial charge is 0.379 e. The Hall–Kier alpha value is -2.75. The van der Waals surface area contributed by atoms with Gasteiger partial charge in [-0.15, -0.1) is 0 Å². The first-order valence-corrected chi connectivity index (χ1v) is 10.5. The number of amides is 1. The highest BCUT2D eigenvalue weighted by atomic mass is 16.5. The van der Waals surface area contributed by atoms with E-state index in [0.717, 1.165) is 76.2 Å². The van der Waals surface area contributed by atoms with Gasteiger partial charge in [0.15, 0.2) is 0 Å². The zero-order chi connectivity index (χ0) is 20.5. The number of morpholine rings is 1. The van der Waals surface area contributed by atoms with E-state index in [9.17, 15) is 4.79 Å². The third-order valence-electron chi connectivity index (χ3n) is 5.91. The number of nitrogens with zero attached hydrogens (tertiary/aromatic N) is 7. The Balaban J connectivity index is 1.42. The zero-order valence-corrected chi connectivity index (χ0v) is 17.3. The predicted molar refractivity (Wildman–Crippen MR) is 112 cm³/mol. The Morgan fingerprint density at radius 3 is 2.70 bits per heavy atom. The van der Waals surface area contributed by atoms with Crippen LogP contribution in [0, 0.1) is 0 Å². The molecule has 0 aromatic carbocycles. The Morgan fingerprint density at radius 2 is 1.90 bits per heavy atom. The molecule has 0 N–H and O–H groups in total. The summed E-state index contributed by atoms with van der Waals surface area (Å²) in [6, 6.07) is 6.10. The second-order valence-corrected chi connectivity index (χ2v) is 7.96. The fraction of sp³-hybridized carbons (Fsp3) is 0.476. The number of rotatable bonds is 4. The van der Waals surface area contributed by atoms with Crippen LogP contribution in [0.5, 0.6) is 0 Å². The molecule has 0 bridgehead atoms. The molecule has 0 radical (unpaired) electrons. The average Bonchev–Trinajstić information content (AvgIpc) is 3.40. The maximum atomic E-state index is 12.9. The van der Waals surface area contributed by atoms with Crippen molar-refractivity contribution >= 4 is 11.4 Å². The lowest BCUT2D eigenvalue weighted by Crippen LogP contribution is -2.47. The van der Waals surface area contributed by atoms with Gasteiger partial charge in [0, 0.05) is 58.2 Å². The molecule has 0 aliphatic carbocycles. The molecular formula is C21H27N7O2. The first-order valence-electron chi connectivity index (χ1n) is 10.5.